The van der Waals surface area contributed by atoms with Crippen LogP contribution in [0.4, 0.5) is 0 Å². The molecule has 0 aliphatic heterocycles. The molecule has 3 rings (SSSR count). The van der Waals surface area contributed by atoms with E-state index >= 15 is 0 Å². The number of rotatable bonds is 14. The Kier molecular flexibility index (Phi) is 9.42. The predicted molar refractivity (Wildman–Crippen MR) is 126 cm³/mol. The van der Waals surface area contributed by atoms with E-state index in [0.717, 1.165) is 24.3 Å². The maximum atomic E-state index is 12.1. The largest absolute Gasteiger partial charge is 0.484 e. The van der Waals surface area contributed by atoms with E-state index in [9.17, 15) is 4.79 Å². The van der Waals surface area contributed by atoms with Gasteiger partial charge in [0.05, 0.1) is 11.0 Å². The summed E-state index contributed by atoms with van der Waals surface area (Å²) in [6, 6.07) is 17.7. The van der Waals surface area contributed by atoms with E-state index in [0.29, 0.717) is 18.7 Å². The zero-order valence-electron chi connectivity index (χ0n) is 18.7. The van der Waals surface area contributed by atoms with Gasteiger partial charge in [-0.1, -0.05) is 75.8 Å². The van der Waals surface area contributed by atoms with Gasteiger partial charge in [0.25, 0.3) is 5.91 Å². The number of nitrogens with zero attached hydrogens (tertiary/aromatic N) is 2. The van der Waals surface area contributed by atoms with Crippen LogP contribution in [-0.2, 0) is 17.8 Å². The van der Waals surface area contributed by atoms with Crippen molar-refractivity contribution in [3.63, 3.8) is 0 Å². The highest BCUT2D eigenvalue weighted by atomic mass is 16.5. The number of unbranched alkanes of at least 4 members (excludes halogenated alkanes) is 6. The number of fused-ring (bicyclic) bond motifs is 1. The molecule has 0 aliphatic rings. The second-order valence-electron chi connectivity index (χ2n) is 7.99. The van der Waals surface area contributed by atoms with E-state index in [1.54, 1.807) is 0 Å². The van der Waals surface area contributed by atoms with Crippen molar-refractivity contribution in [2.75, 3.05) is 13.2 Å². The van der Waals surface area contributed by atoms with Crippen molar-refractivity contribution in [3.05, 3.63) is 60.4 Å². The van der Waals surface area contributed by atoms with Crippen molar-refractivity contribution < 1.29 is 9.53 Å². The summed E-state index contributed by atoms with van der Waals surface area (Å²) >= 11 is 0. The molecule has 1 aromatic heterocycles. The summed E-state index contributed by atoms with van der Waals surface area (Å²) in [4.78, 5) is 16.9. The molecule has 0 saturated carbocycles. The SMILES string of the molecule is CCCCCCCCCn1c(CCNC(=O)COc2ccccc2)nc2ccccc21. The number of imidazole rings is 1. The molecule has 1 N–H and O–H groups in total. The van der Waals surface area contributed by atoms with Crippen molar-refractivity contribution >= 4 is 16.9 Å². The molecule has 3 aromatic rings. The minimum absolute atomic E-state index is 0.0263. The standard InChI is InChI=1S/C26H35N3O2/c1-2-3-4-5-6-7-13-20-29-24-17-12-11-16-23(24)28-25(29)18-19-27-26(30)21-31-22-14-9-8-10-15-22/h8-12,14-17H,2-7,13,18-21H2,1H3,(H,27,30). The summed E-state index contributed by atoms with van der Waals surface area (Å²) in [6.07, 6.45) is 9.76. The van der Waals surface area contributed by atoms with Crippen LogP contribution in [0.3, 0.4) is 0 Å². The molecule has 0 unspecified atom stereocenters. The van der Waals surface area contributed by atoms with Crippen molar-refractivity contribution in [2.24, 2.45) is 0 Å². The summed E-state index contributed by atoms with van der Waals surface area (Å²) in [7, 11) is 0. The second-order valence-corrected chi connectivity index (χ2v) is 7.99. The van der Waals surface area contributed by atoms with Gasteiger partial charge >= 0.3 is 0 Å². The fourth-order valence-corrected chi connectivity index (χ4v) is 3.82. The maximum absolute atomic E-state index is 12.1. The molecule has 0 aliphatic carbocycles. The number of aryl methyl sites for hydroxylation is 1. The van der Waals surface area contributed by atoms with E-state index in [1.165, 1.54) is 44.0 Å². The Morgan fingerprint density at radius 1 is 0.935 bits per heavy atom. The average Bonchev–Trinajstić information content (AvgIpc) is 3.15. The number of amides is 1. The first-order chi connectivity index (χ1) is 15.3. The second kappa shape index (κ2) is 12.8. The van der Waals surface area contributed by atoms with Crippen LogP contribution in [0, 0.1) is 0 Å². The first kappa shape index (κ1) is 22.9. The molecule has 5 nitrogen and oxygen atoms in total. The highest BCUT2D eigenvalue weighted by molar-refractivity contribution is 5.77. The monoisotopic (exact) mass is 421 g/mol. The third kappa shape index (κ3) is 7.42. The number of para-hydroxylation sites is 3. The van der Waals surface area contributed by atoms with E-state index in [1.807, 2.05) is 36.4 Å². The Bertz CT molecular complexity index is 921. The lowest BCUT2D eigenvalue weighted by Crippen LogP contribution is -2.31. The molecule has 0 saturated heterocycles. The summed E-state index contributed by atoms with van der Waals surface area (Å²) < 4.78 is 7.84. The van der Waals surface area contributed by atoms with Crippen LogP contribution >= 0.6 is 0 Å². The smallest absolute Gasteiger partial charge is 0.257 e. The van der Waals surface area contributed by atoms with E-state index < -0.39 is 0 Å². The topological polar surface area (TPSA) is 56.2 Å². The molecular formula is C26H35N3O2. The van der Waals surface area contributed by atoms with Crippen molar-refractivity contribution in [1.82, 2.24) is 14.9 Å². The highest BCUT2D eigenvalue weighted by Gasteiger charge is 2.11. The van der Waals surface area contributed by atoms with Gasteiger partial charge in [0, 0.05) is 19.5 Å². The average molecular weight is 422 g/mol. The van der Waals surface area contributed by atoms with Gasteiger partial charge in [0.15, 0.2) is 6.61 Å². The van der Waals surface area contributed by atoms with Gasteiger partial charge in [0.1, 0.15) is 11.6 Å². The highest BCUT2D eigenvalue weighted by Crippen LogP contribution is 2.18. The van der Waals surface area contributed by atoms with Gasteiger partial charge in [-0.25, -0.2) is 4.98 Å². The van der Waals surface area contributed by atoms with E-state index in [-0.39, 0.29) is 12.5 Å². The Hall–Kier alpha value is -2.82. The van der Waals surface area contributed by atoms with E-state index in [4.69, 9.17) is 9.72 Å². The maximum Gasteiger partial charge on any atom is 0.257 e. The van der Waals surface area contributed by atoms with Gasteiger partial charge in [-0.2, -0.15) is 0 Å². The third-order valence-corrected chi connectivity index (χ3v) is 5.50. The van der Waals surface area contributed by atoms with Crippen molar-refractivity contribution in [1.29, 1.82) is 0 Å². The lowest BCUT2D eigenvalue weighted by Gasteiger charge is -2.10. The Morgan fingerprint density at radius 2 is 1.65 bits per heavy atom. The number of nitrogens with one attached hydrogen (secondary N) is 1. The summed E-state index contributed by atoms with van der Waals surface area (Å²) in [5.74, 6) is 1.63. The Balaban J connectivity index is 1.47. The molecule has 1 amide bonds. The Morgan fingerprint density at radius 3 is 2.45 bits per heavy atom. The fourth-order valence-electron chi connectivity index (χ4n) is 3.82. The number of hydrogen-bond donors (Lipinski definition) is 1. The normalized spacial score (nSPS) is 11.0. The number of carbonyl (C=O) groups excluding carboxylic acids is 1. The van der Waals surface area contributed by atoms with Gasteiger partial charge in [-0.05, 0) is 30.7 Å². The van der Waals surface area contributed by atoms with E-state index in [2.05, 4.69) is 35.0 Å². The van der Waals surface area contributed by atoms with Crippen LogP contribution < -0.4 is 10.1 Å². The third-order valence-electron chi connectivity index (χ3n) is 5.50. The van der Waals surface area contributed by atoms with Crippen LogP contribution in [0.15, 0.2) is 54.6 Å². The lowest BCUT2D eigenvalue weighted by atomic mass is 10.1. The van der Waals surface area contributed by atoms with Crippen LogP contribution in [0.2, 0.25) is 0 Å². The Labute approximate surface area is 185 Å². The lowest BCUT2D eigenvalue weighted by molar-refractivity contribution is -0.123. The van der Waals surface area contributed by atoms with Gasteiger partial charge in [0.2, 0.25) is 0 Å². The zero-order chi connectivity index (χ0) is 21.7. The van der Waals surface area contributed by atoms with Crippen LogP contribution in [0.1, 0.15) is 57.7 Å². The molecule has 1 heterocycles. The number of carbonyl (C=O) groups is 1. The van der Waals surface area contributed by atoms with Crippen LogP contribution in [0.25, 0.3) is 11.0 Å². The molecule has 0 radical (unpaired) electrons. The molecule has 0 spiro atoms. The minimum Gasteiger partial charge on any atom is -0.484 e. The zero-order valence-corrected chi connectivity index (χ0v) is 18.7. The fraction of sp³-hybridized carbons (Fsp3) is 0.462. The van der Waals surface area contributed by atoms with Crippen LogP contribution in [0.5, 0.6) is 5.75 Å². The molecule has 5 heteroatoms. The van der Waals surface area contributed by atoms with Crippen LogP contribution in [-0.4, -0.2) is 28.6 Å². The van der Waals surface area contributed by atoms with Gasteiger partial charge in [-0.3, -0.25) is 4.79 Å². The summed E-state index contributed by atoms with van der Waals surface area (Å²) in [5.41, 5.74) is 2.21. The molecule has 166 valence electrons. The van der Waals surface area contributed by atoms with Crippen molar-refractivity contribution in [2.45, 2.75) is 64.8 Å². The quantitative estimate of drug-likeness (QED) is 0.349. The first-order valence-electron chi connectivity index (χ1n) is 11.7. The predicted octanol–water partition coefficient (Wildman–Crippen LogP) is 5.52. The molecule has 2 aromatic carbocycles. The molecule has 31 heavy (non-hydrogen) atoms. The molecule has 0 atom stereocenters. The van der Waals surface area contributed by atoms with Gasteiger partial charge < -0.3 is 14.6 Å². The number of aromatic nitrogens is 2. The number of hydrogen-bond acceptors (Lipinski definition) is 3. The van der Waals surface area contributed by atoms with Crippen molar-refractivity contribution in [3.8, 4) is 5.75 Å². The number of benzene rings is 2. The summed E-state index contributed by atoms with van der Waals surface area (Å²) in [6.45, 7) is 3.81. The summed E-state index contributed by atoms with van der Waals surface area (Å²) in [5, 5.41) is 2.95. The first-order valence-corrected chi connectivity index (χ1v) is 11.7. The minimum atomic E-state index is -0.112. The van der Waals surface area contributed by atoms with Gasteiger partial charge in [-0.15, -0.1) is 0 Å². The number of ether oxygens (including phenoxy) is 1. The molecule has 0 bridgehead atoms. The molecular weight excluding hydrogens is 386 g/mol. The molecule has 0 fully saturated rings.